The minimum absolute atomic E-state index is 0.642. The average Bonchev–Trinajstić information content (AvgIpc) is 3.83. The lowest BCUT2D eigenvalue weighted by Crippen LogP contribution is -2.04. The van der Waals surface area contributed by atoms with Gasteiger partial charge in [-0.05, 0) is 51.9 Å². The topological polar surface area (TPSA) is 48.5 Å². The maximum Gasteiger partial charge on any atom is 0.235 e. The molecule has 0 unspecified atom stereocenters. The summed E-state index contributed by atoms with van der Waals surface area (Å²) in [5, 5.41) is 10.3. The number of rotatable bonds is 4. The Hall–Kier alpha value is -7.63. The molecule has 0 N–H and O–H groups in total. The number of para-hydroxylation sites is 3. The van der Waals surface area contributed by atoms with Crippen LogP contribution in [-0.2, 0) is 0 Å². The summed E-state index contributed by atoms with van der Waals surface area (Å²) in [6.45, 7) is 0. The fraction of sp³-hybridized carbons (Fsp3) is 0. The Labute approximate surface area is 321 Å². The third-order valence-corrected chi connectivity index (χ3v) is 11.3. The van der Waals surface area contributed by atoms with Crippen LogP contribution in [0.1, 0.15) is 0 Å². The molecule has 0 fully saturated rings. The van der Waals surface area contributed by atoms with E-state index in [1.54, 1.807) is 0 Å². The van der Waals surface area contributed by atoms with E-state index in [0.29, 0.717) is 5.95 Å². The number of hydrogen-bond acceptors (Lipinski definition) is 3. The van der Waals surface area contributed by atoms with E-state index in [2.05, 4.69) is 191 Å². The van der Waals surface area contributed by atoms with E-state index in [0.717, 1.165) is 88.2 Å². The van der Waals surface area contributed by atoms with Gasteiger partial charge >= 0.3 is 0 Å². The molecule has 3 heterocycles. The molecule has 5 nitrogen and oxygen atoms in total. The van der Waals surface area contributed by atoms with E-state index >= 15 is 0 Å². The maximum atomic E-state index is 5.56. The highest BCUT2D eigenvalue weighted by Gasteiger charge is 2.24. The van der Waals surface area contributed by atoms with Gasteiger partial charge in [-0.3, -0.25) is 9.13 Å². The molecule has 0 saturated carbocycles. The Balaban J connectivity index is 1.28. The van der Waals surface area contributed by atoms with E-state index in [-0.39, 0.29) is 0 Å². The van der Waals surface area contributed by atoms with Crippen LogP contribution in [0.3, 0.4) is 0 Å². The number of hydrogen-bond donors (Lipinski definition) is 0. The molecule has 0 aliphatic heterocycles. The van der Waals surface area contributed by atoms with Crippen molar-refractivity contribution in [2.75, 3.05) is 0 Å². The van der Waals surface area contributed by atoms with Crippen molar-refractivity contribution in [3.63, 3.8) is 0 Å². The van der Waals surface area contributed by atoms with Crippen LogP contribution in [-0.4, -0.2) is 24.1 Å². The Morgan fingerprint density at radius 1 is 0.339 bits per heavy atom. The molecule has 9 aromatic carbocycles. The molecular formula is C51H31N5. The van der Waals surface area contributed by atoms with E-state index in [9.17, 15) is 0 Å². The number of nitrogens with zero attached hydrogens (tertiary/aromatic N) is 5. The predicted octanol–water partition coefficient (Wildman–Crippen LogP) is 12.9. The van der Waals surface area contributed by atoms with Gasteiger partial charge < -0.3 is 0 Å². The van der Waals surface area contributed by atoms with Crippen LogP contribution in [0.15, 0.2) is 188 Å². The second-order valence-corrected chi connectivity index (χ2v) is 14.4. The molecule has 0 aliphatic rings. The van der Waals surface area contributed by atoms with Crippen LogP contribution in [0.5, 0.6) is 0 Å². The van der Waals surface area contributed by atoms with Crippen molar-refractivity contribution < 1.29 is 0 Å². The molecule has 12 aromatic rings. The minimum atomic E-state index is 0.642. The second kappa shape index (κ2) is 11.9. The standard InChI is InChI=1S/C51H31N5/c1-4-16-32(17-5-1)47-40-25-12-14-26-42(40)52-51(54-47)56-43-27-15-13-23-36(43)39-29-28-38-35-22-10-11-24-37(35)45-41(46(38)49(39)56)30-31-44-48(45)53-50(33-18-6-2-7-19-33)55(44)34-20-8-3-9-21-34/h1-31H. The summed E-state index contributed by atoms with van der Waals surface area (Å²) in [5.74, 6) is 1.55. The smallest absolute Gasteiger partial charge is 0.235 e. The first-order valence-corrected chi connectivity index (χ1v) is 19.0. The molecule has 0 bridgehead atoms. The molecule has 0 aliphatic carbocycles. The van der Waals surface area contributed by atoms with E-state index in [1.165, 1.54) is 16.2 Å². The molecule has 0 spiro atoms. The van der Waals surface area contributed by atoms with Crippen LogP contribution in [0, 0.1) is 0 Å². The van der Waals surface area contributed by atoms with Gasteiger partial charge in [-0.15, -0.1) is 0 Å². The zero-order valence-electron chi connectivity index (χ0n) is 30.1. The Kier molecular flexibility index (Phi) is 6.56. The molecule has 0 amide bonds. The van der Waals surface area contributed by atoms with Gasteiger partial charge in [-0.1, -0.05) is 158 Å². The summed E-state index contributed by atoms with van der Waals surface area (Å²) in [4.78, 5) is 16.3. The number of fused-ring (bicyclic) bond motifs is 13. The van der Waals surface area contributed by atoms with Crippen LogP contribution in [0.4, 0.5) is 0 Å². The Bertz CT molecular complexity index is 3510. The molecule has 3 aromatic heterocycles. The summed E-state index contributed by atoms with van der Waals surface area (Å²) >= 11 is 0. The number of aromatic nitrogens is 5. The molecule has 0 radical (unpaired) electrons. The van der Waals surface area contributed by atoms with E-state index in [1.807, 2.05) is 6.07 Å². The van der Waals surface area contributed by atoms with Crippen molar-refractivity contribution in [1.29, 1.82) is 0 Å². The first-order chi connectivity index (χ1) is 27.8. The largest absolute Gasteiger partial charge is 0.292 e. The molecule has 12 rings (SSSR count). The lowest BCUT2D eigenvalue weighted by atomic mass is 9.92. The fourth-order valence-electron chi connectivity index (χ4n) is 8.92. The van der Waals surface area contributed by atoms with Gasteiger partial charge in [-0.2, -0.15) is 0 Å². The predicted molar refractivity (Wildman–Crippen MR) is 232 cm³/mol. The third-order valence-electron chi connectivity index (χ3n) is 11.3. The Morgan fingerprint density at radius 2 is 0.929 bits per heavy atom. The van der Waals surface area contributed by atoms with Crippen LogP contribution >= 0.6 is 0 Å². The summed E-state index contributed by atoms with van der Waals surface area (Å²) in [7, 11) is 0. The highest BCUT2D eigenvalue weighted by atomic mass is 15.2. The lowest BCUT2D eigenvalue weighted by molar-refractivity contribution is 1.02. The highest BCUT2D eigenvalue weighted by molar-refractivity contribution is 6.36. The van der Waals surface area contributed by atoms with Gasteiger partial charge in [0.05, 0.1) is 33.3 Å². The van der Waals surface area contributed by atoms with Crippen LogP contribution in [0.2, 0.25) is 0 Å². The van der Waals surface area contributed by atoms with Gasteiger partial charge in [0.2, 0.25) is 5.95 Å². The van der Waals surface area contributed by atoms with Crippen molar-refractivity contribution in [2.45, 2.75) is 0 Å². The van der Waals surface area contributed by atoms with Crippen molar-refractivity contribution in [2.24, 2.45) is 0 Å². The highest BCUT2D eigenvalue weighted by Crippen LogP contribution is 2.45. The SMILES string of the molecule is c1ccc(-c2nc(-n3c4ccccc4c4ccc5c6ccccc6c6c(ccc7c6nc(-c6ccccc6)n7-c6ccccc6)c5c43)nc3ccccc23)cc1. The molecule has 56 heavy (non-hydrogen) atoms. The number of imidazole rings is 1. The van der Waals surface area contributed by atoms with Gasteiger partial charge in [0.25, 0.3) is 0 Å². The summed E-state index contributed by atoms with van der Waals surface area (Å²) in [6.07, 6.45) is 0. The molecular weight excluding hydrogens is 683 g/mol. The van der Waals surface area contributed by atoms with Gasteiger partial charge in [0, 0.05) is 43.7 Å². The van der Waals surface area contributed by atoms with Crippen molar-refractivity contribution in [3.8, 4) is 34.3 Å². The zero-order chi connectivity index (χ0) is 36.7. The van der Waals surface area contributed by atoms with Gasteiger partial charge in [0.1, 0.15) is 5.82 Å². The maximum absolute atomic E-state index is 5.56. The molecule has 5 heteroatoms. The minimum Gasteiger partial charge on any atom is -0.292 e. The fourth-order valence-corrected chi connectivity index (χ4v) is 8.92. The molecule has 0 saturated heterocycles. The van der Waals surface area contributed by atoms with E-state index in [4.69, 9.17) is 15.0 Å². The lowest BCUT2D eigenvalue weighted by Gasteiger charge is -2.15. The van der Waals surface area contributed by atoms with Crippen molar-refractivity contribution >= 4 is 76.1 Å². The van der Waals surface area contributed by atoms with Crippen molar-refractivity contribution in [3.05, 3.63) is 188 Å². The quantitative estimate of drug-likeness (QED) is 0.171. The van der Waals surface area contributed by atoms with Crippen LogP contribution in [0.25, 0.3) is 110 Å². The monoisotopic (exact) mass is 713 g/mol. The van der Waals surface area contributed by atoms with Gasteiger partial charge in [0.15, 0.2) is 0 Å². The zero-order valence-corrected chi connectivity index (χ0v) is 30.1. The molecule has 260 valence electrons. The summed E-state index contributed by atoms with van der Waals surface area (Å²) in [6, 6.07) is 66.4. The summed E-state index contributed by atoms with van der Waals surface area (Å²) in [5.41, 5.74) is 9.18. The number of benzene rings is 9. The average molecular weight is 714 g/mol. The molecule has 0 atom stereocenters. The van der Waals surface area contributed by atoms with Crippen molar-refractivity contribution in [1.82, 2.24) is 24.1 Å². The normalized spacial score (nSPS) is 11.9. The Morgan fingerprint density at radius 3 is 1.71 bits per heavy atom. The summed E-state index contributed by atoms with van der Waals surface area (Å²) < 4.78 is 4.59. The first kappa shape index (κ1) is 30.8. The van der Waals surface area contributed by atoms with Crippen LogP contribution < -0.4 is 0 Å². The van der Waals surface area contributed by atoms with Gasteiger partial charge in [-0.25, -0.2) is 15.0 Å². The van der Waals surface area contributed by atoms with E-state index < -0.39 is 0 Å². The first-order valence-electron chi connectivity index (χ1n) is 19.0. The second-order valence-electron chi connectivity index (χ2n) is 14.4. The third kappa shape index (κ3) is 4.39.